The number of carbonyl (C=O) groups is 3. The third-order valence-electron chi connectivity index (χ3n) is 4.96. The van der Waals surface area contributed by atoms with Gasteiger partial charge in [0.05, 0.1) is 16.2 Å². The van der Waals surface area contributed by atoms with Gasteiger partial charge in [-0.25, -0.2) is 4.52 Å². The number of thiazole rings is 1. The summed E-state index contributed by atoms with van der Waals surface area (Å²) >= 11 is 1.44. The normalized spacial score (nSPS) is 13.1. The van der Waals surface area contributed by atoms with Gasteiger partial charge in [0.15, 0.2) is 0 Å². The van der Waals surface area contributed by atoms with E-state index in [1.165, 1.54) is 29.5 Å². The van der Waals surface area contributed by atoms with Crippen LogP contribution in [0.4, 0.5) is 11.6 Å². The van der Waals surface area contributed by atoms with Gasteiger partial charge >= 0.3 is 0 Å². The highest BCUT2D eigenvalue weighted by Crippen LogP contribution is 2.30. The Morgan fingerprint density at radius 3 is 2.77 bits per heavy atom. The summed E-state index contributed by atoms with van der Waals surface area (Å²) in [5.74, 6) is -1.13. The number of nitro benzene ring substituents is 1. The van der Waals surface area contributed by atoms with Crippen LogP contribution in [0.2, 0.25) is 0 Å². The number of hydrogen-bond donors (Lipinski definition) is 1. The molecule has 3 heterocycles. The van der Waals surface area contributed by atoms with Crippen LogP contribution in [0, 0.1) is 17.0 Å². The van der Waals surface area contributed by atoms with Gasteiger partial charge in [0, 0.05) is 24.4 Å². The first-order valence-corrected chi connectivity index (χ1v) is 10.5. The van der Waals surface area contributed by atoms with Crippen molar-refractivity contribution in [2.75, 3.05) is 11.9 Å². The number of amides is 3. The molecule has 31 heavy (non-hydrogen) atoms. The molecule has 0 atom stereocenters. The van der Waals surface area contributed by atoms with E-state index in [9.17, 15) is 24.5 Å². The number of unbranched alkanes of at least 4 members (excludes halogenated alkanes) is 2. The van der Waals surface area contributed by atoms with E-state index in [-0.39, 0.29) is 41.6 Å². The lowest BCUT2D eigenvalue weighted by Crippen LogP contribution is -2.30. The Kier molecular flexibility index (Phi) is 5.46. The lowest BCUT2D eigenvalue weighted by Gasteiger charge is -2.13. The van der Waals surface area contributed by atoms with Crippen molar-refractivity contribution in [2.24, 2.45) is 0 Å². The first-order chi connectivity index (χ1) is 14.9. The summed E-state index contributed by atoms with van der Waals surface area (Å²) < 4.78 is 1.66. The monoisotopic (exact) mass is 442 g/mol. The maximum Gasteiger partial charge on any atom is 0.282 e. The van der Waals surface area contributed by atoms with Gasteiger partial charge in [-0.3, -0.25) is 34.7 Å². The van der Waals surface area contributed by atoms with Gasteiger partial charge in [0.25, 0.3) is 17.5 Å². The van der Waals surface area contributed by atoms with Crippen LogP contribution in [-0.4, -0.2) is 48.7 Å². The van der Waals surface area contributed by atoms with E-state index >= 15 is 0 Å². The second-order valence-electron chi connectivity index (χ2n) is 7.08. The van der Waals surface area contributed by atoms with Gasteiger partial charge in [-0.05, 0) is 25.8 Å². The first-order valence-electron chi connectivity index (χ1n) is 9.61. The van der Waals surface area contributed by atoms with Crippen molar-refractivity contribution in [1.82, 2.24) is 19.5 Å². The van der Waals surface area contributed by atoms with Gasteiger partial charge in [-0.2, -0.15) is 4.98 Å². The Bertz CT molecular complexity index is 1220. The zero-order valence-corrected chi connectivity index (χ0v) is 17.3. The number of benzene rings is 1. The zero-order valence-electron chi connectivity index (χ0n) is 16.5. The minimum absolute atomic E-state index is 0.0567. The van der Waals surface area contributed by atoms with Crippen molar-refractivity contribution in [3.05, 3.63) is 50.5 Å². The van der Waals surface area contributed by atoms with Crippen LogP contribution in [0.3, 0.4) is 0 Å². The van der Waals surface area contributed by atoms with Crippen LogP contribution in [0.25, 0.3) is 4.96 Å². The Morgan fingerprint density at radius 2 is 2.03 bits per heavy atom. The molecule has 1 aliphatic heterocycles. The van der Waals surface area contributed by atoms with E-state index in [1.54, 1.807) is 4.52 Å². The van der Waals surface area contributed by atoms with E-state index in [2.05, 4.69) is 15.4 Å². The summed E-state index contributed by atoms with van der Waals surface area (Å²) in [6.07, 6.45) is 1.90. The molecule has 2 aromatic heterocycles. The van der Waals surface area contributed by atoms with Crippen LogP contribution in [0.15, 0.2) is 23.6 Å². The fraction of sp³-hybridized carbons (Fsp3) is 0.316. The molecule has 0 fully saturated rings. The average molecular weight is 442 g/mol. The van der Waals surface area contributed by atoms with Gasteiger partial charge in [-0.1, -0.05) is 12.5 Å². The number of fused-ring (bicyclic) bond motifs is 2. The quantitative estimate of drug-likeness (QED) is 0.245. The number of aromatic nitrogens is 3. The van der Waals surface area contributed by atoms with Crippen LogP contribution in [0.1, 0.15) is 52.1 Å². The fourth-order valence-corrected chi connectivity index (χ4v) is 4.23. The lowest BCUT2D eigenvalue weighted by molar-refractivity contribution is -0.385. The van der Waals surface area contributed by atoms with Crippen molar-refractivity contribution in [3.63, 3.8) is 0 Å². The van der Waals surface area contributed by atoms with Gasteiger partial charge in [0.2, 0.25) is 16.8 Å². The van der Waals surface area contributed by atoms with E-state index < -0.39 is 16.7 Å². The van der Waals surface area contributed by atoms with Gasteiger partial charge < -0.3 is 0 Å². The molecule has 1 N–H and O–H groups in total. The van der Waals surface area contributed by atoms with Crippen LogP contribution in [-0.2, 0) is 4.79 Å². The molecule has 0 saturated carbocycles. The Labute approximate surface area is 179 Å². The number of carbonyl (C=O) groups excluding carboxylic acids is 3. The molecule has 0 bridgehead atoms. The average Bonchev–Trinajstić information content (AvgIpc) is 3.36. The minimum atomic E-state index is -0.661. The smallest absolute Gasteiger partial charge is 0.282 e. The minimum Gasteiger partial charge on any atom is -0.293 e. The standard InChI is InChI=1S/C19H18N6O5S/c1-11-10-31-19-21-18(22-24(11)19)20-14(26)8-3-2-4-9-23-16(27)12-6-5-7-13(25(29)30)15(12)17(23)28/h5-7,10H,2-4,8-9H2,1H3,(H,20,22,26). The highest BCUT2D eigenvalue weighted by molar-refractivity contribution is 7.15. The SMILES string of the molecule is Cc1csc2nc(NC(=O)CCCCCN3C(=O)c4cccc([N+](=O)[O-])c4C3=O)nn12. The molecular weight excluding hydrogens is 424 g/mol. The first kappa shape index (κ1) is 20.6. The highest BCUT2D eigenvalue weighted by Gasteiger charge is 2.40. The van der Waals surface area contributed by atoms with Crippen LogP contribution < -0.4 is 5.32 Å². The van der Waals surface area contributed by atoms with Crippen LogP contribution in [0.5, 0.6) is 0 Å². The third kappa shape index (κ3) is 3.89. The Hall–Kier alpha value is -3.67. The van der Waals surface area contributed by atoms with Gasteiger partial charge in [0.1, 0.15) is 5.56 Å². The second kappa shape index (κ2) is 8.22. The summed E-state index contributed by atoms with van der Waals surface area (Å²) in [7, 11) is 0. The molecule has 3 amide bonds. The lowest BCUT2D eigenvalue weighted by atomic mass is 10.1. The summed E-state index contributed by atoms with van der Waals surface area (Å²) in [5, 5.41) is 19.9. The summed E-state index contributed by atoms with van der Waals surface area (Å²) in [5.41, 5.74) is 0.477. The molecule has 12 heteroatoms. The van der Waals surface area contributed by atoms with Crippen molar-refractivity contribution >= 4 is 45.7 Å². The Morgan fingerprint density at radius 1 is 1.23 bits per heavy atom. The number of nitro groups is 1. The predicted octanol–water partition coefficient (Wildman–Crippen LogP) is 2.80. The maximum absolute atomic E-state index is 12.5. The molecule has 0 saturated heterocycles. The molecule has 11 nitrogen and oxygen atoms in total. The molecule has 3 aromatic rings. The van der Waals surface area contributed by atoms with Crippen molar-refractivity contribution in [2.45, 2.75) is 32.6 Å². The number of hydrogen-bond acceptors (Lipinski definition) is 8. The summed E-state index contributed by atoms with van der Waals surface area (Å²) in [6, 6.07) is 4.03. The van der Waals surface area contributed by atoms with Crippen LogP contribution >= 0.6 is 11.3 Å². The van der Waals surface area contributed by atoms with Gasteiger partial charge in [-0.15, -0.1) is 16.4 Å². The third-order valence-corrected chi connectivity index (χ3v) is 5.89. The molecule has 4 rings (SSSR count). The number of nitrogens with zero attached hydrogens (tertiary/aromatic N) is 5. The van der Waals surface area contributed by atoms with Crippen molar-refractivity contribution in [3.8, 4) is 0 Å². The van der Waals surface area contributed by atoms with E-state index in [1.807, 2.05) is 12.3 Å². The Balaban J connectivity index is 1.25. The molecule has 0 unspecified atom stereocenters. The molecule has 160 valence electrons. The summed E-state index contributed by atoms with van der Waals surface area (Å²) in [4.78, 5) is 53.5. The second-order valence-corrected chi connectivity index (χ2v) is 7.92. The molecule has 0 radical (unpaired) electrons. The van der Waals surface area contributed by atoms with E-state index in [4.69, 9.17) is 0 Å². The number of nitrogens with one attached hydrogen (secondary N) is 1. The van der Waals surface area contributed by atoms with Crippen molar-refractivity contribution in [1.29, 1.82) is 0 Å². The molecular formula is C19H18N6O5S. The highest BCUT2D eigenvalue weighted by atomic mass is 32.1. The number of anilines is 1. The number of aryl methyl sites for hydroxylation is 1. The number of imide groups is 1. The molecule has 0 aliphatic carbocycles. The van der Waals surface area contributed by atoms with E-state index in [0.717, 1.165) is 10.6 Å². The number of rotatable bonds is 8. The predicted molar refractivity (Wildman–Crippen MR) is 111 cm³/mol. The fourth-order valence-electron chi connectivity index (χ4n) is 3.44. The summed E-state index contributed by atoms with van der Waals surface area (Å²) in [6.45, 7) is 2.04. The molecule has 1 aliphatic rings. The largest absolute Gasteiger partial charge is 0.293 e. The van der Waals surface area contributed by atoms with E-state index in [0.29, 0.717) is 24.2 Å². The zero-order chi connectivity index (χ0) is 22.1. The molecule has 0 spiro atoms. The van der Waals surface area contributed by atoms with Crippen molar-refractivity contribution < 1.29 is 19.3 Å². The topological polar surface area (TPSA) is 140 Å². The maximum atomic E-state index is 12.5. The molecule has 1 aromatic carbocycles.